The van der Waals surface area contributed by atoms with Gasteiger partial charge in [-0.15, -0.1) is 12.6 Å². The maximum absolute atomic E-state index is 5.06. The van der Waals surface area contributed by atoms with Gasteiger partial charge in [0.05, 0.1) is 6.61 Å². The highest BCUT2D eigenvalue weighted by atomic mass is 32.1. The Hall–Kier alpha value is -0.150. The second-order valence-electron chi connectivity index (χ2n) is 1.56. The Morgan fingerprint density at radius 1 is 1.78 bits per heavy atom. The van der Waals surface area contributed by atoms with Gasteiger partial charge in [-0.05, 0) is 6.92 Å². The summed E-state index contributed by atoms with van der Waals surface area (Å²) in [5, 5.41) is 2.86. The molecule has 0 radical (unpaired) electrons. The molecule has 0 aromatic heterocycles. The summed E-state index contributed by atoms with van der Waals surface area (Å²) >= 11 is 4.12. The summed E-state index contributed by atoms with van der Waals surface area (Å²) < 4.78 is 5.06. The molecule has 0 fully saturated rings. The molecule has 2 nitrogen and oxygen atoms in total. The van der Waals surface area contributed by atoms with Gasteiger partial charge >= 0.3 is 0 Å². The summed E-state index contributed by atoms with van der Waals surface area (Å²) in [5.41, 5.74) is 0. The largest absolute Gasteiger partial charge is 0.393 e. The lowest BCUT2D eigenvalue weighted by atomic mass is 10.6. The fourth-order valence-electron chi connectivity index (χ4n) is 0.415. The van der Waals surface area contributed by atoms with E-state index in [1.54, 1.807) is 6.20 Å². The summed E-state index contributed by atoms with van der Waals surface area (Å²) in [6.07, 6.45) is 1.80. The van der Waals surface area contributed by atoms with Gasteiger partial charge in [0.1, 0.15) is 0 Å². The predicted molar refractivity (Wildman–Crippen MR) is 42.6 cm³/mol. The lowest BCUT2D eigenvalue weighted by Gasteiger charge is -1.98. The number of thiol groups is 1. The number of hydrogen-bond acceptors (Lipinski definition) is 3. The molecule has 0 aliphatic heterocycles. The van der Waals surface area contributed by atoms with E-state index in [1.165, 1.54) is 0 Å². The molecule has 9 heavy (non-hydrogen) atoms. The second-order valence-corrected chi connectivity index (χ2v) is 2.14. The van der Waals surface area contributed by atoms with E-state index < -0.39 is 0 Å². The van der Waals surface area contributed by atoms with Crippen LogP contribution in [0.4, 0.5) is 0 Å². The predicted octanol–water partition coefficient (Wildman–Crippen LogP) is 1.01. The molecule has 0 aliphatic rings. The van der Waals surface area contributed by atoms with Crippen molar-refractivity contribution in [3.63, 3.8) is 0 Å². The molecule has 3 heteroatoms. The number of hydrogen-bond donors (Lipinski definition) is 2. The summed E-state index contributed by atoms with van der Waals surface area (Å²) in [7, 11) is 1.84. The molecule has 0 aromatic carbocycles. The average molecular weight is 147 g/mol. The van der Waals surface area contributed by atoms with Gasteiger partial charge in [0, 0.05) is 24.8 Å². The van der Waals surface area contributed by atoms with E-state index in [2.05, 4.69) is 17.9 Å². The molecule has 0 amide bonds. The fraction of sp³-hybridized carbons (Fsp3) is 0.667. The third kappa shape index (κ3) is 5.73. The molecule has 0 aromatic rings. The van der Waals surface area contributed by atoms with Crippen LogP contribution in [0, 0.1) is 0 Å². The third-order valence-corrected chi connectivity index (χ3v) is 1.02. The van der Waals surface area contributed by atoms with Crippen molar-refractivity contribution in [2.75, 3.05) is 20.3 Å². The Morgan fingerprint density at radius 3 is 2.89 bits per heavy atom. The molecule has 0 atom stereocenters. The Morgan fingerprint density at radius 2 is 2.44 bits per heavy atom. The van der Waals surface area contributed by atoms with Crippen molar-refractivity contribution in [2.45, 2.75) is 6.92 Å². The van der Waals surface area contributed by atoms with Crippen LogP contribution < -0.4 is 5.32 Å². The molecule has 0 heterocycles. The van der Waals surface area contributed by atoms with Gasteiger partial charge in [-0.2, -0.15) is 0 Å². The van der Waals surface area contributed by atoms with Crippen LogP contribution in [0.1, 0.15) is 6.92 Å². The molecule has 0 saturated carbocycles. The van der Waals surface area contributed by atoms with Crippen molar-refractivity contribution in [1.29, 1.82) is 0 Å². The van der Waals surface area contributed by atoms with Crippen molar-refractivity contribution >= 4 is 12.6 Å². The van der Waals surface area contributed by atoms with Crippen LogP contribution in [0.2, 0.25) is 0 Å². The SMILES string of the molecule is CCOC/C(S)=C/NC. The van der Waals surface area contributed by atoms with Crippen LogP contribution in [-0.4, -0.2) is 20.3 Å². The highest BCUT2D eigenvalue weighted by molar-refractivity contribution is 7.84. The quantitative estimate of drug-likeness (QED) is 0.579. The second kappa shape index (κ2) is 5.98. The first-order valence-corrected chi connectivity index (χ1v) is 3.39. The maximum atomic E-state index is 5.06. The Balaban J connectivity index is 3.25. The number of ether oxygens (including phenoxy) is 1. The van der Waals surface area contributed by atoms with Crippen LogP contribution in [0.25, 0.3) is 0 Å². The van der Waals surface area contributed by atoms with Crippen LogP contribution in [0.15, 0.2) is 11.1 Å². The van der Waals surface area contributed by atoms with Crippen LogP contribution >= 0.6 is 12.6 Å². The van der Waals surface area contributed by atoms with Gasteiger partial charge in [0.15, 0.2) is 0 Å². The third-order valence-electron chi connectivity index (χ3n) is 0.765. The minimum Gasteiger partial charge on any atom is -0.393 e. The topological polar surface area (TPSA) is 21.3 Å². The summed E-state index contributed by atoms with van der Waals surface area (Å²) in [5.74, 6) is 0. The molecule has 0 bridgehead atoms. The van der Waals surface area contributed by atoms with E-state index in [0.717, 1.165) is 11.5 Å². The number of rotatable bonds is 4. The minimum absolute atomic E-state index is 0.598. The van der Waals surface area contributed by atoms with Crippen molar-refractivity contribution < 1.29 is 4.74 Å². The Kier molecular flexibility index (Phi) is 5.88. The highest BCUT2D eigenvalue weighted by Crippen LogP contribution is 1.97. The van der Waals surface area contributed by atoms with Gasteiger partial charge in [0.25, 0.3) is 0 Å². The normalized spacial score (nSPS) is 11.7. The Labute approximate surface area is 61.7 Å². The average Bonchev–Trinajstić information content (AvgIpc) is 1.85. The fourth-order valence-corrected chi connectivity index (χ4v) is 0.635. The van der Waals surface area contributed by atoms with Gasteiger partial charge < -0.3 is 10.1 Å². The van der Waals surface area contributed by atoms with Gasteiger partial charge in [-0.3, -0.25) is 0 Å². The van der Waals surface area contributed by atoms with Crippen LogP contribution in [0.5, 0.6) is 0 Å². The lowest BCUT2D eigenvalue weighted by Crippen LogP contribution is -1.99. The monoisotopic (exact) mass is 147 g/mol. The van der Waals surface area contributed by atoms with Crippen LogP contribution in [-0.2, 0) is 4.74 Å². The summed E-state index contributed by atoms with van der Waals surface area (Å²) in [6, 6.07) is 0. The van der Waals surface area contributed by atoms with Crippen molar-refractivity contribution in [1.82, 2.24) is 5.32 Å². The van der Waals surface area contributed by atoms with E-state index in [4.69, 9.17) is 4.74 Å². The van der Waals surface area contributed by atoms with Crippen molar-refractivity contribution in [3.05, 3.63) is 11.1 Å². The van der Waals surface area contributed by atoms with Gasteiger partial charge in [0.2, 0.25) is 0 Å². The van der Waals surface area contributed by atoms with Gasteiger partial charge in [-0.25, -0.2) is 0 Å². The van der Waals surface area contributed by atoms with E-state index in [-0.39, 0.29) is 0 Å². The van der Waals surface area contributed by atoms with E-state index in [1.807, 2.05) is 14.0 Å². The lowest BCUT2D eigenvalue weighted by molar-refractivity contribution is 0.175. The van der Waals surface area contributed by atoms with E-state index in [0.29, 0.717) is 6.61 Å². The molecule has 0 spiro atoms. The zero-order chi connectivity index (χ0) is 7.11. The summed E-state index contributed by atoms with van der Waals surface area (Å²) in [6.45, 7) is 3.29. The zero-order valence-electron chi connectivity index (χ0n) is 5.85. The highest BCUT2D eigenvalue weighted by Gasteiger charge is 1.85. The first-order chi connectivity index (χ1) is 4.31. The smallest absolute Gasteiger partial charge is 0.0787 e. The Bertz CT molecular complexity index is 93.1. The molecule has 0 unspecified atom stereocenters. The molecule has 1 N–H and O–H groups in total. The molecule has 0 aliphatic carbocycles. The standard InChI is InChI=1S/C6H13NOS/c1-3-8-5-6(9)4-7-2/h4,7,9H,3,5H2,1-2H3/b6-4-. The number of nitrogens with one attached hydrogen (secondary N) is 1. The molecular weight excluding hydrogens is 134 g/mol. The van der Waals surface area contributed by atoms with Crippen molar-refractivity contribution in [2.24, 2.45) is 0 Å². The summed E-state index contributed by atoms with van der Waals surface area (Å²) in [4.78, 5) is 0.916. The van der Waals surface area contributed by atoms with Crippen LogP contribution in [0.3, 0.4) is 0 Å². The van der Waals surface area contributed by atoms with E-state index in [9.17, 15) is 0 Å². The first kappa shape index (κ1) is 8.85. The van der Waals surface area contributed by atoms with Crippen molar-refractivity contribution in [3.8, 4) is 0 Å². The maximum Gasteiger partial charge on any atom is 0.0787 e. The first-order valence-electron chi connectivity index (χ1n) is 2.94. The molecular formula is C6H13NOS. The molecule has 54 valence electrons. The molecule has 0 rings (SSSR count). The molecule has 0 saturated heterocycles. The minimum atomic E-state index is 0.598. The van der Waals surface area contributed by atoms with E-state index >= 15 is 0 Å². The zero-order valence-corrected chi connectivity index (χ0v) is 6.74. The van der Waals surface area contributed by atoms with Gasteiger partial charge in [-0.1, -0.05) is 0 Å².